The second-order valence-corrected chi connectivity index (χ2v) is 6.12. The molecule has 1 unspecified atom stereocenters. The molecular formula is C20H21NO4. The minimum Gasteiger partial charge on any atom is -0.479 e. The van der Waals surface area contributed by atoms with Crippen LogP contribution >= 0.6 is 0 Å². The van der Waals surface area contributed by atoms with Crippen LogP contribution in [0.15, 0.2) is 60.7 Å². The molecule has 1 heterocycles. The molecule has 5 nitrogen and oxygen atoms in total. The summed E-state index contributed by atoms with van der Waals surface area (Å²) in [6.45, 7) is 0.785. The highest BCUT2D eigenvalue weighted by molar-refractivity contribution is 5.80. The van der Waals surface area contributed by atoms with Crippen molar-refractivity contribution in [3.63, 3.8) is 0 Å². The lowest BCUT2D eigenvalue weighted by atomic mass is 9.88. The van der Waals surface area contributed by atoms with Crippen LogP contribution in [-0.4, -0.2) is 47.7 Å². The molecule has 1 aliphatic rings. The first kappa shape index (κ1) is 17.2. The molecule has 1 saturated heterocycles. The maximum atomic E-state index is 12.8. The van der Waals surface area contributed by atoms with Crippen molar-refractivity contribution in [2.24, 2.45) is 0 Å². The van der Waals surface area contributed by atoms with Crippen molar-refractivity contribution >= 4 is 11.9 Å². The molecule has 1 N–H and O–H groups in total. The summed E-state index contributed by atoms with van der Waals surface area (Å²) >= 11 is 0. The molecule has 0 bridgehead atoms. The number of hydrogen-bond acceptors (Lipinski definition) is 3. The number of carboxylic acid groups (broad SMARTS) is 1. The first-order valence-corrected chi connectivity index (χ1v) is 8.37. The third kappa shape index (κ3) is 4.25. The fourth-order valence-electron chi connectivity index (χ4n) is 3.13. The second-order valence-electron chi connectivity index (χ2n) is 6.12. The predicted octanol–water partition coefficient (Wildman–Crippen LogP) is 2.52. The highest BCUT2D eigenvalue weighted by Crippen LogP contribution is 2.28. The molecule has 0 aliphatic carbocycles. The minimum atomic E-state index is -1.03. The van der Waals surface area contributed by atoms with E-state index in [0.717, 1.165) is 11.1 Å². The molecule has 1 amide bonds. The average molecular weight is 339 g/mol. The van der Waals surface area contributed by atoms with Crippen LogP contribution in [0.1, 0.15) is 23.5 Å². The van der Waals surface area contributed by atoms with Gasteiger partial charge in [-0.15, -0.1) is 0 Å². The summed E-state index contributed by atoms with van der Waals surface area (Å²) in [4.78, 5) is 25.5. The molecule has 0 spiro atoms. The van der Waals surface area contributed by atoms with Gasteiger partial charge in [-0.05, 0) is 11.1 Å². The Bertz CT molecular complexity index is 677. The number of ether oxygens (including phenoxy) is 1. The van der Waals surface area contributed by atoms with Gasteiger partial charge in [0, 0.05) is 18.9 Å². The van der Waals surface area contributed by atoms with Gasteiger partial charge in [0.15, 0.2) is 6.10 Å². The number of nitrogens with zero attached hydrogens (tertiary/aromatic N) is 1. The predicted molar refractivity (Wildman–Crippen MR) is 93.3 cm³/mol. The normalized spacial score (nSPS) is 17.5. The smallest absolute Gasteiger partial charge is 0.334 e. The van der Waals surface area contributed by atoms with Crippen LogP contribution in [-0.2, 0) is 14.3 Å². The maximum absolute atomic E-state index is 12.8. The monoisotopic (exact) mass is 339 g/mol. The zero-order valence-corrected chi connectivity index (χ0v) is 13.9. The molecular weight excluding hydrogens is 318 g/mol. The molecule has 1 atom stereocenters. The first-order chi connectivity index (χ1) is 12.1. The molecule has 5 heteroatoms. The number of benzene rings is 2. The molecule has 1 fully saturated rings. The summed E-state index contributed by atoms with van der Waals surface area (Å²) in [6, 6.07) is 19.8. The summed E-state index contributed by atoms with van der Waals surface area (Å²) in [5, 5.41) is 9.11. The Labute approximate surface area is 146 Å². The van der Waals surface area contributed by atoms with Crippen molar-refractivity contribution in [1.82, 2.24) is 4.90 Å². The van der Waals surface area contributed by atoms with Crippen LogP contribution in [0.25, 0.3) is 0 Å². The zero-order valence-electron chi connectivity index (χ0n) is 13.9. The van der Waals surface area contributed by atoms with Crippen LogP contribution in [0.4, 0.5) is 0 Å². The number of carbonyl (C=O) groups is 2. The van der Waals surface area contributed by atoms with Gasteiger partial charge >= 0.3 is 5.97 Å². The van der Waals surface area contributed by atoms with Gasteiger partial charge in [-0.25, -0.2) is 4.79 Å². The number of rotatable bonds is 5. The summed E-state index contributed by atoms with van der Waals surface area (Å²) < 4.78 is 5.20. The van der Waals surface area contributed by atoms with Crippen molar-refractivity contribution in [2.45, 2.75) is 18.4 Å². The van der Waals surface area contributed by atoms with Gasteiger partial charge in [0.1, 0.15) is 0 Å². The number of hydrogen-bond donors (Lipinski definition) is 1. The van der Waals surface area contributed by atoms with Crippen LogP contribution in [0.3, 0.4) is 0 Å². The Balaban J connectivity index is 1.78. The fourth-order valence-corrected chi connectivity index (χ4v) is 3.13. The van der Waals surface area contributed by atoms with E-state index in [1.165, 1.54) is 0 Å². The zero-order chi connectivity index (χ0) is 17.6. The van der Waals surface area contributed by atoms with E-state index in [4.69, 9.17) is 9.84 Å². The SMILES string of the molecule is O=C(O)C1CN(C(=O)CC(c2ccccc2)c2ccccc2)CCO1. The van der Waals surface area contributed by atoms with Crippen molar-refractivity contribution in [1.29, 1.82) is 0 Å². The molecule has 1 aliphatic heterocycles. The molecule has 130 valence electrons. The summed E-state index contributed by atoms with van der Waals surface area (Å²) in [5.74, 6) is -1.13. The maximum Gasteiger partial charge on any atom is 0.334 e. The quantitative estimate of drug-likeness (QED) is 0.909. The number of aliphatic carboxylic acids is 1. The van der Waals surface area contributed by atoms with E-state index < -0.39 is 12.1 Å². The van der Waals surface area contributed by atoms with Gasteiger partial charge in [0.05, 0.1) is 13.2 Å². The average Bonchev–Trinajstić information content (AvgIpc) is 2.67. The van der Waals surface area contributed by atoms with Crippen molar-refractivity contribution < 1.29 is 19.4 Å². The lowest BCUT2D eigenvalue weighted by molar-refractivity contribution is -0.159. The number of carboxylic acids is 1. The van der Waals surface area contributed by atoms with Gasteiger partial charge in [-0.2, -0.15) is 0 Å². The Kier molecular flexibility index (Phi) is 5.46. The van der Waals surface area contributed by atoms with Crippen LogP contribution in [0.5, 0.6) is 0 Å². The van der Waals surface area contributed by atoms with Crippen molar-refractivity contribution in [3.05, 3.63) is 71.8 Å². The van der Waals surface area contributed by atoms with Gasteiger partial charge in [0.2, 0.25) is 5.91 Å². The molecule has 25 heavy (non-hydrogen) atoms. The number of morpholine rings is 1. The Morgan fingerprint density at radius 2 is 1.60 bits per heavy atom. The number of amides is 1. The van der Waals surface area contributed by atoms with E-state index in [1.807, 2.05) is 60.7 Å². The second kappa shape index (κ2) is 7.94. The van der Waals surface area contributed by atoms with E-state index >= 15 is 0 Å². The topological polar surface area (TPSA) is 66.8 Å². The minimum absolute atomic E-state index is 0.0488. The Morgan fingerprint density at radius 1 is 1.04 bits per heavy atom. The molecule has 3 rings (SSSR count). The highest BCUT2D eigenvalue weighted by Gasteiger charge is 2.30. The summed E-state index contributed by atoms with van der Waals surface area (Å²) in [6.07, 6.45) is -0.634. The van der Waals surface area contributed by atoms with Crippen molar-refractivity contribution in [2.75, 3.05) is 19.7 Å². The van der Waals surface area contributed by atoms with E-state index in [1.54, 1.807) is 4.90 Å². The molecule has 0 aromatic heterocycles. The van der Waals surface area contributed by atoms with Gasteiger partial charge in [-0.1, -0.05) is 60.7 Å². The van der Waals surface area contributed by atoms with E-state index in [0.29, 0.717) is 13.0 Å². The summed E-state index contributed by atoms with van der Waals surface area (Å²) in [7, 11) is 0. The van der Waals surface area contributed by atoms with Crippen molar-refractivity contribution in [3.8, 4) is 0 Å². The van der Waals surface area contributed by atoms with Gasteiger partial charge in [-0.3, -0.25) is 4.79 Å². The first-order valence-electron chi connectivity index (χ1n) is 8.37. The largest absolute Gasteiger partial charge is 0.479 e. The van der Waals surface area contributed by atoms with E-state index in [9.17, 15) is 9.59 Å². The van der Waals surface area contributed by atoms with Crippen LogP contribution in [0.2, 0.25) is 0 Å². The lowest BCUT2D eigenvalue weighted by Gasteiger charge is -2.32. The molecule has 0 radical (unpaired) electrons. The Hall–Kier alpha value is -2.66. The lowest BCUT2D eigenvalue weighted by Crippen LogP contribution is -2.48. The third-order valence-electron chi connectivity index (χ3n) is 4.48. The molecule has 2 aromatic rings. The van der Waals surface area contributed by atoms with E-state index in [-0.39, 0.29) is 25.0 Å². The highest BCUT2D eigenvalue weighted by atomic mass is 16.5. The fraction of sp³-hybridized carbons (Fsp3) is 0.300. The standard InChI is InChI=1S/C20H21NO4/c22-19(21-11-12-25-18(14-21)20(23)24)13-17(15-7-3-1-4-8-15)16-9-5-2-6-10-16/h1-10,17-18H,11-14H2,(H,23,24). The van der Waals surface area contributed by atoms with Crippen LogP contribution < -0.4 is 0 Å². The Morgan fingerprint density at radius 3 is 2.12 bits per heavy atom. The number of carbonyl (C=O) groups excluding carboxylic acids is 1. The molecule has 0 saturated carbocycles. The van der Waals surface area contributed by atoms with Crippen LogP contribution in [0, 0.1) is 0 Å². The van der Waals surface area contributed by atoms with E-state index in [2.05, 4.69) is 0 Å². The van der Waals surface area contributed by atoms with Gasteiger partial charge in [0.25, 0.3) is 0 Å². The van der Waals surface area contributed by atoms with Gasteiger partial charge < -0.3 is 14.7 Å². The molecule has 2 aromatic carbocycles. The summed E-state index contributed by atoms with van der Waals surface area (Å²) in [5.41, 5.74) is 2.15. The third-order valence-corrected chi connectivity index (χ3v) is 4.48.